The minimum atomic E-state index is 0.290. The first-order valence-corrected chi connectivity index (χ1v) is 5.39. The summed E-state index contributed by atoms with van der Waals surface area (Å²) < 4.78 is 0. The topological polar surface area (TPSA) is 35.5 Å². The summed E-state index contributed by atoms with van der Waals surface area (Å²) in [6.45, 7) is 5.02. The van der Waals surface area contributed by atoms with Gasteiger partial charge in [0.1, 0.15) is 5.75 Å². The summed E-state index contributed by atoms with van der Waals surface area (Å²) in [5.74, 6) is 0.404. The van der Waals surface area contributed by atoms with Crippen molar-refractivity contribution in [2.75, 3.05) is 26.7 Å². The zero-order valence-electron chi connectivity index (χ0n) is 9.33. The summed E-state index contributed by atoms with van der Waals surface area (Å²) in [7, 11) is 2.10. The summed E-state index contributed by atoms with van der Waals surface area (Å²) in [6.07, 6.45) is 0. The Balaban J connectivity index is 2.30. The van der Waals surface area contributed by atoms with E-state index in [2.05, 4.69) is 30.3 Å². The third-order valence-corrected chi connectivity index (χ3v) is 3.05. The maximum Gasteiger partial charge on any atom is 0.120 e. The quantitative estimate of drug-likeness (QED) is 0.726. The van der Waals surface area contributed by atoms with E-state index in [4.69, 9.17) is 0 Å². The van der Waals surface area contributed by atoms with Gasteiger partial charge in [0.15, 0.2) is 0 Å². The summed E-state index contributed by atoms with van der Waals surface area (Å²) in [5, 5.41) is 13.2. The number of nitrogens with zero attached hydrogens (tertiary/aromatic N) is 1. The van der Waals surface area contributed by atoms with E-state index in [0.717, 1.165) is 25.2 Å². The lowest BCUT2D eigenvalue weighted by Gasteiger charge is -2.33. The third kappa shape index (κ3) is 2.13. The van der Waals surface area contributed by atoms with Crippen LogP contribution in [0.3, 0.4) is 0 Å². The molecule has 1 unspecified atom stereocenters. The van der Waals surface area contributed by atoms with Crippen LogP contribution in [0.5, 0.6) is 5.75 Å². The van der Waals surface area contributed by atoms with E-state index in [-0.39, 0.29) is 0 Å². The van der Waals surface area contributed by atoms with E-state index in [0.29, 0.717) is 11.8 Å². The van der Waals surface area contributed by atoms with Crippen LogP contribution in [0.15, 0.2) is 18.2 Å². The smallest absolute Gasteiger partial charge is 0.120 e. The van der Waals surface area contributed by atoms with Gasteiger partial charge in [-0.15, -0.1) is 0 Å². The molecule has 1 aromatic rings. The minimum Gasteiger partial charge on any atom is -0.508 e. The number of phenolic OH excluding ortho intramolecular Hbond substituents is 1. The first-order chi connectivity index (χ1) is 7.18. The van der Waals surface area contributed by atoms with Crippen LogP contribution in [0.2, 0.25) is 0 Å². The van der Waals surface area contributed by atoms with Gasteiger partial charge in [-0.2, -0.15) is 0 Å². The van der Waals surface area contributed by atoms with Crippen LogP contribution in [0, 0.1) is 6.92 Å². The van der Waals surface area contributed by atoms with Crippen molar-refractivity contribution in [1.29, 1.82) is 0 Å². The first-order valence-electron chi connectivity index (χ1n) is 5.39. The first kappa shape index (κ1) is 10.5. The van der Waals surface area contributed by atoms with E-state index in [1.54, 1.807) is 6.07 Å². The van der Waals surface area contributed by atoms with Crippen molar-refractivity contribution < 1.29 is 5.11 Å². The van der Waals surface area contributed by atoms with Crippen LogP contribution in [0.4, 0.5) is 0 Å². The van der Waals surface area contributed by atoms with Crippen molar-refractivity contribution in [2.45, 2.75) is 13.0 Å². The second-order valence-electron chi connectivity index (χ2n) is 4.26. The number of aryl methyl sites for hydroxylation is 1. The molecule has 1 aliphatic heterocycles. The van der Waals surface area contributed by atoms with Gasteiger partial charge in [-0.3, -0.25) is 4.90 Å². The molecular formula is C12H18N2O. The van der Waals surface area contributed by atoms with Crippen LogP contribution in [0.25, 0.3) is 0 Å². The highest BCUT2D eigenvalue weighted by atomic mass is 16.3. The number of phenols is 1. The van der Waals surface area contributed by atoms with Crippen LogP contribution in [0.1, 0.15) is 17.2 Å². The predicted octanol–water partition coefficient (Wildman–Crippen LogP) is 1.28. The Labute approximate surface area is 90.7 Å². The number of benzene rings is 1. The molecule has 0 saturated carbocycles. The zero-order chi connectivity index (χ0) is 10.8. The van der Waals surface area contributed by atoms with Gasteiger partial charge in [0, 0.05) is 25.2 Å². The summed E-state index contributed by atoms with van der Waals surface area (Å²) in [5.41, 5.74) is 2.23. The molecule has 1 heterocycles. The van der Waals surface area contributed by atoms with E-state index in [1.165, 1.54) is 5.56 Å². The van der Waals surface area contributed by atoms with Crippen molar-refractivity contribution in [3.05, 3.63) is 29.3 Å². The van der Waals surface area contributed by atoms with E-state index >= 15 is 0 Å². The van der Waals surface area contributed by atoms with Gasteiger partial charge < -0.3 is 10.4 Å². The molecule has 15 heavy (non-hydrogen) atoms. The standard InChI is InChI=1S/C12H18N2O/c1-9-3-4-12(15)10(7-9)11-8-13-5-6-14(11)2/h3-4,7,11,13,15H,5-6,8H2,1-2H3. The summed E-state index contributed by atoms with van der Waals surface area (Å²) >= 11 is 0. The molecule has 1 atom stereocenters. The SMILES string of the molecule is Cc1ccc(O)c(C2CNCCN2C)c1. The molecule has 0 bridgehead atoms. The van der Waals surface area contributed by atoms with Gasteiger partial charge in [0.05, 0.1) is 6.04 Å². The minimum absolute atomic E-state index is 0.290. The molecule has 2 N–H and O–H groups in total. The number of piperazine rings is 1. The Morgan fingerprint density at radius 3 is 3.00 bits per heavy atom. The normalized spacial score (nSPS) is 22.9. The van der Waals surface area contributed by atoms with Gasteiger partial charge in [0.25, 0.3) is 0 Å². The third-order valence-electron chi connectivity index (χ3n) is 3.05. The fourth-order valence-corrected chi connectivity index (χ4v) is 2.09. The van der Waals surface area contributed by atoms with Crippen LogP contribution in [-0.2, 0) is 0 Å². The molecule has 1 saturated heterocycles. The average molecular weight is 206 g/mol. The van der Waals surface area contributed by atoms with Gasteiger partial charge in [-0.1, -0.05) is 17.7 Å². The fourth-order valence-electron chi connectivity index (χ4n) is 2.09. The molecule has 0 radical (unpaired) electrons. The van der Waals surface area contributed by atoms with Crippen molar-refractivity contribution in [3.63, 3.8) is 0 Å². The number of hydrogen-bond acceptors (Lipinski definition) is 3. The molecule has 0 amide bonds. The number of hydrogen-bond donors (Lipinski definition) is 2. The Bertz CT molecular complexity index is 351. The van der Waals surface area contributed by atoms with Crippen LogP contribution in [-0.4, -0.2) is 36.7 Å². The Kier molecular flexibility index (Phi) is 2.93. The predicted molar refractivity (Wildman–Crippen MR) is 61.1 cm³/mol. The lowest BCUT2D eigenvalue weighted by Crippen LogP contribution is -2.43. The van der Waals surface area contributed by atoms with Crippen LogP contribution >= 0.6 is 0 Å². The van der Waals surface area contributed by atoms with E-state index in [1.807, 2.05) is 6.07 Å². The summed E-state index contributed by atoms with van der Waals surface area (Å²) in [6, 6.07) is 6.09. The van der Waals surface area contributed by atoms with Crippen LogP contribution < -0.4 is 5.32 Å². The number of likely N-dealkylation sites (N-methyl/N-ethyl adjacent to an activating group) is 1. The molecule has 3 heteroatoms. The molecule has 82 valence electrons. The lowest BCUT2D eigenvalue weighted by molar-refractivity contribution is 0.198. The highest BCUT2D eigenvalue weighted by Crippen LogP contribution is 2.29. The number of rotatable bonds is 1. The van der Waals surface area contributed by atoms with E-state index in [9.17, 15) is 5.11 Å². The Morgan fingerprint density at radius 1 is 1.47 bits per heavy atom. The maximum absolute atomic E-state index is 9.85. The van der Waals surface area contributed by atoms with Gasteiger partial charge in [-0.05, 0) is 20.0 Å². The molecular weight excluding hydrogens is 188 g/mol. The van der Waals surface area contributed by atoms with Crippen molar-refractivity contribution in [1.82, 2.24) is 10.2 Å². The van der Waals surface area contributed by atoms with E-state index < -0.39 is 0 Å². The molecule has 0 aromatic heterocycles. The molecule has 1 fully saturated rings. The summed E-state index contributed by atoms with van der Waals surface area (Å²) in [4.78, 5) is 2.28. The second-order valence-corrected chi connectivity index (χ2v) is 4.26. The van der Waals surface area contributed by atoms with Gasteiger partial charge >= 0.3 is 0 Å². The molecule has 1 aromatic carbocycles. The lowest BCUT2D eigenvalue weighted by atomic mass is 10.0. The van der Waals surface area contributed by atoms with Gasteiger partial charge in [0.2, 0.25) is 0 Å². The van der Waals surface area contributed by atoms with Crippen molar-refractivity contribution in [3.8, 4) is 5.75 Å². The molecule has 2 rings (SSSR count). The number of nitrogens with one attached hydrogen (secondary N) is 1. The largest absolute Gasteiger partial charge is 0.508 e. The highest BCUT2D eigenvalue weighted by Gasteiger charge is 2.22. The second kappa shape index (κ2) is 4.21. The monoisotopic (exact) mass is 206 g/mol. The Hall–Kier alpha value is -1.06. The molecule has 3 nitrogen and oxygen atoms in total. The van der Waals surface area contributed by atoms with Gasteiger partial charge in [-0.25, -0.2) is 0 Å². The highest BCUT2D eigenvalue weighted by molar-refractivity contribution is 5.38. The average Bonchev–Trinajstić information content (AvgIpc) is 2.23. The zero-order valence-corrected chi connectivity index (χ0v) is 9.33. The number of aromatic hydroxyl groups is 1. The molecule has 1 aliphatic rings. The maximum atomic E-state index is 9.85. The fraction of sp³-hybridized carbons (Fsp3) is 0.500. The van der Waals surface area contributed by atoms with Crippen molar-refractivity contribution in [2.24, 2.45) is 0 Å². The molecule has 0 aliphatic carbocycles. The Morgan fingerprint density at radius 2 is 2.27 bits per heavy atom. The molecule has 0 spiro atoms. The van der Waals surface area contributed by atoms with Crippen molar-refractivity contribution >= 4 is 0 Å².